The molecule has 2 nitrogen and oxygen atoms in total. The Bertz CT molecular complexity index is 276. The number of nitrogens with one attached hydrogen (secondary N) is 1. The molecule has 0 fully saturated rings. The molecular weight excluding hydrogens is 192 g/mol. The van der Waals surface area contributed by atoms with Gasteiger partial charge in [-0.2, -0.15) is 0 Å². The summed E-state index contributed by atoms with van der Waals surface area (Å²) in [5.41, 5.74) is 0. The molecule has 1 aromatic heterocycles. The van der Waals surface area contributed by atoms with Gasteiger partial charge < -0.3 is 5.32 Å². The quantitative estimate of drug-likeness (QED) is 0.755. The predicted octanol–water partition coefficient (Wildman–Crippen LogP) is 3.26. The van der Waals surface area contributed by atoms with E-state index in [0.717, 1.165) is 11.7 Å². The van der Waals surface area contributed by atoms with Crippen molar-refractivity contribution in [1.82, 2.24) is 4.98 Å². The van der Waals surface area contributed by atoms with E-state index in [1.807, 2.05) is 25.0 Å². The van der Waals surface area contributed by atoms with E-state index in [1.165, 1.54) is 17.1 Å². The van der Waals surface area contributed by atoms with Crippen LogP contribution in [0.5, 0.6) is 0 Å². The minimum absolute atomic E-state index is 0.784. The van der Waals surface area contributed by atoms with Crippen LogP contribution in [0.3, 0.4) is 0 Å². The first-order chi connectivity index (χ1) is 6.76. The van der Waals surface area contributed by atoms with E-state index < -0.39 is 0 Å². The number of hydrogen-bond acceptors (Lipinski definition) is 3. The van der Waals surface area contributed by atoms with Crippen LogP contribution < -0.4 is 5.32 Å². The van der Waals surface area contributed by atoms with Crippen molar-refractivity contribution in [3.05, 3.63) is 18.3 Å². The summed E-state index contributed by atoms with van der Waals surface area (Å²) in [6.07, 6.45) is 3.10. The summed E-state index contributed by atoms with van der Waals surface area (Å²) in [6.45, 7) is 4.52. The second-order valence-electron chi connectivity index (χ2n) is 3.45. The summed E-state index contributed by atoms with van der Waals surface area (Å²) in [5.74, 6) is 2.91. The third-order valence-electron chi connectivity index (χ3n) is 2.22. The Morgan fingerprint density at radius 1 is 1.57 bits per heavy atom. The Morgan fingerprint density at radius 2 is 2.36 bits per heavy atom. The van der Waals surface area contributed by atoms with Gasteiger partial charge in [0.05, 0.1) is 0 Å². The Labute approximate surface area is 90.5 Å². The molecule has 0 aliphatic heterocycles. The summed E-state index contributed by atoms with van der Waals surface area (Å²) < 4.78 is 0. The average molecular weight is 210 g/mol. The highest BCUT2D eigenvalue weighted by Gasteiger charge is 2.01. The maximum atomic E-state index is 4.18. The zero-order valence-corrected chi connectivity index (χ0v) is 9.90. The van der Waals surface area contributed by atoms with Crippen molar-refractivity contribution >= 4 is 17.6 Å². The number of aromatic nitrogens is 1. The highest BCUT2D eigenvalue weighted by molar-refractivity contribution is 7.99. The van der Waals surface area contributed by atoms with Crippen molar-refractivity contribution in [3.63, 3.8) is 0 Å². The van der Waals surface area contributed by atoms with Gasteiger partial charge in [0.25, 0.3) is 0 Å². The highest BCUT2D eigenvalue weighted by atomic mass is 32.2. The molecule has 0 aromatic carbocycles. The van der Waals surface area contributed by atoms with E-state index in [2.05, 4.69) is 36.3 Å². The largest absolute Gasteiger partial charge is 0.373 e. The molecule has 0 radical (unpaired) electrons. The molecule has 1 aromatic rings. The van der Waals surface area contributed by atoms with Gasteiger partial charge in [-0.05, 0) is 18.1 Å². The van der Waals surface area contributed by atoms with Crippen LogP contribution in [0.4, 0.5) is 5.82 Å². The van der Waals surface area contributed by atoms with Crippen LogP contribution >= 0.6 is 11.8 Å². The van der Waals surface area contributed by atoms with E-state index >= 15 is 0 Å². The number of thioether (sulfide) groups is 1. The standard InChI is InChI=1S/C11H18N2S/c1-4-9(2)8-14-10-5-6-13-11(7-10)12-3/h5-7,9H,4,8H2,1-3H3,(H,12,13). The first-order valence-corrected chi connectivity index (χ1v) is 6.01. The molecule has 0 saturated carbocycles. The SMILES string of the molecule is CCC(C)CSc1ccnc(NC)c1. The van der Waals surface area contributed by atoms with E-state index in [9.17, 15) is 0 Å². The van der Waals surface area contributed by atoms with Crippen LogP contribution in [0.1, 0.15) is 20.3 Å². The van der Waals surface area contributed by atoms with Gasteiger partial charge in [0.2, 0.25) is 0 Å². The van der Waals surface area contributed by atoms with Crippen molar-refractivity contribution in [2.45, 2.75) is 25.2 Å². The van der Waals surface area contributed by atoms with Crippen molar-refractivity contribution in [2.75, 3.05) is 18.1 Å². The molecule has 0 saturated heterocycles. The van der Waals surface area contributed by atoms with E-state index in [-0.39, 0.29) is 0 Å². The fourth-order valence-electron chi connectivity index (χ4n) is 0.994. The zero-order chi connectivity index (χ0) is 10.4. The summed E-state index contributed by atoms with van der Waals surface area (Å²) >= 11 is 1.90. The normalized spacial score (nSPS) is 12.5. The minimum Gasteiger partial charge on any atom is -0.373 e. The molecule has 0 aliphatic rings. The molecule has 78 valence electrons. The maximum absolute atomic E-state index is 4.18. The summed E-state index contributed by atoms with van der Waals surface area (Å²) in [7, 11) is 1.89. The molecule has 0 amide bonds. The lowest BCUT2D eigenvalue weighted by molar-refractivity contribution is 0.637. The monoisotopic (exact) mass is 210 g/mol. The molecular formula is C11H18N2S. The van der Waals surface area contributed by atoms with Crippen molar-refractivity contribution in [1.29, 1.82) is 0 Å². The lowest BCUT2D eigenvalue weighted by atomic mass is 10.2. The van der Waals surface area contributed by atoms with Gasteiger partial charge in [0.1, 0.15) is 5.82 Å². The van der Waals surface area contributed by atoms with E-state index in [0.29, 0.717) is 0 Å². The summed E-state index contributed by atoms with van der Waals surface area (Å²) in [4.78, 5) is 5.48. The molecule has 1 atom stereocenters. The molecule has 14 heavy (non-hydrogen) atoms. The Balaban J connectivity index is 2.50. The van der Waals surface area contributed by atoms with Crippen molar-refractivity contribution < 1.29 is 0 Å². The molecule has 1 N–H and O–H groups in total. The third-order valence-corrected chi connectivity index (χ3v) is 3.54. The first-order valence-electron chi connectivity index (χ1n) is 5.02. The average Bonchev–Trinajstić information content (AvgIpc) is 2.26. The second-order valence-corrected chi connectivity index (χ2v) is 4.54. The Hall–Kier alpha value is -0.700. The smallest absolute Gasteiger partial charge is 0.126 e. The third kappa shape index (κ3) is 3.58. The van der Waals surface area contributed by atoms with Gasteiger partial charge in [0, 0.05) is 23.9 Å². The second kappa shape index (κ2) is 5.91. The molecule has 0 aliphatic carbocycles. The van der Waals surface area contributed by atoms with Gasteiger partial charge in [-0.1, -0.05) is 20.3 Å². The first kappa shape index (κ1) is 11.4. The van der Waals surface area contributed by atoms with Gasteiger partial charge in [0.15, 0.2) is 0 Å². The summed E-state index contributed by atoms with van der Waals surface area (Å²) in [6, 6.07) is 4.15. The number of pyridine rings is 1. The number of anilines is 1. The van der Waals surface area contributed by atoms with Gasteiger partial charge in [-0.15, -0.1) is 11.8 Å². The molecule has 3 heteroatoms. The molecule has 1 heterocycles. The van der Waals surface area contributed by atoms with Crippen LogP contribution in [0, 0.1) is 5.92 Å². The van der Waals surface area contributed by atoms with Crippen LogP contribution in [-0.2, 0) is 0 Å². The fourth-order valence-corrected chi connectivity index (χ4v) is 2.06. The predicted molar refractivity (Wildman–Crippen MR) is 64.0 cm³/mol. The van der Waals surface area contributed by atoms with Gasteiger partial charge in [-0.25, -0.2) is 4.98 Å². The maximum Gasteiger partial charge on any atom is 0.126 e. The van der Waals surface area contributed by atoms with Gasteiger partial charge in [-0.3, -0.25) is 0 Å². The lowest BCUT2D eigenvalue weighted by Gasteiger charge is -2.08. The number of rotatable bonds is 5. The fraction of sp³-hybridized carbons (Fsp3) is 0.545. The number of hydrogen-bond donors (Lipinski definition) is 1. The number of nitrogens with zero attached hydrogens (tertiary/aromatic N) is 1. The van der Waals surface area contributed by atoms with Crippen LogP contribution in [0.25, 0.3) is 0 Å². The highest BCUT2D eigenvalue weighted by Crippen LogP contribution is 2.22. The van der Waals surface area contributed by atoms with E-state index in [1.54, 1.807) is 0 Å². The van der Waals surface area contributed by atoms with Crippen LogP contribution in [0.15, 0.2) is 23.2 Å². The van der Waals surface area contributed by atoms with Gasteiger partial charge >= 0.3 is 0 Å². The molecule has 0 bridgehead atoms. The van der Waals surface area contributed by atoms with Crippen molar-refractivity contribution in [2.24, 2.45) is 5.92 Å². The van der Waals surface area contributed by atoms with Crippen molar-refractivity contribution in [3.8, 4) is 0 Å². The zero-order valence-electron chi connectivity index (χ0n) is 9.08. The molecule has 1 unspecified atom stereocenters. The van der Waals surface area contributed by atoms with E-state index in [4.69, 9.17) is 0 Å². The molecule has 1 rings (SSSR count). The molecule has 0 spiro atoms. The Morgan fingerprint density at radius 3 is 3.00 bits per heavy atom. The van der Waals surface area contributed by atoms with Crippen LogP contribution in [0.2, 0.25) is 0 Å². The lowest BCUT2D eigenvalue weighted by Crippen LogP contribution is -1.96. The Kier molecular flexibility index (Phi) is 4.80. The minimum atomic E-state index is 0.784. The summed E-state index contributed by atoms with van der Waals surface area (Å²) in [5, 5.41) is 3.04. The van der Waals surface area contributed by atoms with Crippen LogP contribution in [-0.4, -0.2) is 17.8 Å². The topological polar surface area (TPSA) is 24.9 Å².